The molecule has 10 nitrogen and oxygen atoms in total. The number of esters is 1. The van der Waals surface area contributed by atoms with Crippen LogP contribution in [0.1, 0.15) is 43.5 Å². The third kappa shape index (κ3) is 5.66. The molecule has 1 saturated heterocycles. The Morgan fingerprint density at radius 3 is 2.57 bits per heavy atom. The number of carbonyl (C=O) groups is 3. The van der Waals surface area contributed by atoms with Gasteiger partial charge in [-0.3, -0.25) is 20.2 Å². The normalized spacial score (nSPS) is 14.3. The van der Waals surface area contributed by atoms with E-state index in [0.29, 0.717) is 12.1 Å². The predicted molar refractivity (Wildman–Crippen MR) is 101 cm³/mol. The lowest BCUT2D eigenvalue weighted by molar-refractivity contribution is -0.384. The van der Waals surface area contributed by atoms with Gasteiger partial charge in [0.25, 0.3) is 11.6 Å². The summed E-state index contributed by atoms with van der Waals surface area (Å²) in [7, 11) is 0. The first-order valence-corrected chi connectivity index (χ1v) is 9.12. The van der Waals surface area contributed by atoms with Crippen LogP contribution in [0.15, 0.2) is 18.2 Å². The number of imide groups is 1. The molecule has 0 unspecified atom stereocenters. The molecule has 28 heavy (non-hydrogen) atoms. The van der Waals surface area contributed by atoms with E-state index in [-0.39, 0.29) is 17.3 Å². The molecule has 2 N–H and O–H groups in total. The van der Waals surface area contributed by atoms with Crippen molar-refractivity contribution in [3.05, 3.63) is 33.9 Å². The molecule has 0 saturated carbocycles. The van der Waals surface area contributed by atoms with Crippen LogP contribution in [0.25, 0.3) is 0 Å². The fourth-order valence-electron chi connectivity index (χ4n) is 2.76. The van der Waals surface area contributed by atoms with E-state index in [4.69, 9.17) is 4.74 Å². The van der Waals surface area contributed by atoms with Crippen molar-refractivity contribution in [1.29, 1.82) is 0 Å². The van der Waals surface area contributed by atoms with E-state index < -0.39 is 29.4 Å². The van der Waals surface area contributed by atoms with Crippen LogP contribution in [0.3, 0.4) is 0 Å². The van der Waals surface area contributed by atoms with Gasteiger partial charge in [0.2, 0.25) is 0 Å². The van der Waals surface area contributed by atoms with Crippen LogP contribution in [-0.2, 0) is 9.53 Å². The summed E-state index contributed by atoms with van der Waals surface area (Å²) in [5.74, 6) is -1.68. The summed E-state index contributed by atoms with van der Waals surface area (Å²) in [6.45, 7) is 4.44. The molecule has 1 aliphatic heterocycles. The van der Waals surface area contributed by atoms with Crippen molar-refractivity contribution in [2.45, 2.75) is 39.2 Å². The van der Waals surface area contributed by atoms with Crippen molar-refractivity contribution >= 4 is 29.3 Å². The van der Waals surface area contributed by atoms with Gasteiger partial charge >= 0.3 is 12.0 Å². The maximum absolute atomic E-state index is 12.1. The van der Waals surface area contributed by atoms with Crippen LogP contribution >= 0.6 is 0 Å². The largest absolute Gasteiger partial charge is 0.452 e. The minimum absolute atomic E-state index is 0.0356. The summed E-state index contributed by atoms with van der Waals surface area (Å²) in [5, 5.41) is 16.0. The second kappa shape index (κ2) is 9.67. The second-order valence-electron chi connectivity index (χ2n) is 6.56. The first kappa shape index (κ1) is 21.1. The number of hydrogen-bond acceptors (Lipinski definition) is 7. The highest BCUT2D eigenvalue weighted by Gasteiger charge is 2.24. The van der Waals surface area contributed by atoms with Crippen molar-refractivity contribution < 1.29 is 24.0 Å². The topological polar surface area (TPSA) is 131 Å². The Balaban J connectivity index is 1.96. The first-order valence-electron chi connectivity index (χ1n) is 9.12. The van der Waals surface area contributed by atoms with Gasteiger partial charge in [-0.1, -0.05) is 6.92 Å². The van der Waals surface area contributed by atoms with E-state index >= 15 is 0 Å². The number of nitro benzene ring substituents is 1. The maximum atomic E-state index is 12.1. The molecular weight excluding hydrogens is 368 g/mol. The van der Waals surface area contributed by atoms with Crippen molar-refractivity contribution in [1.82, 2.24) is 10.6 Å². The molecule has 0 spiro atoms. The molecule has 0 aromatic heterocycles. The molecule has 3 amide bonds. The summed E-state index contributed by atoms with van der Waals surface area (Å²) < 4.78 is 4.85. The highest BCUT2D eigenvalue weighted by Crippen LogP contribution is 2.31. The summed E-state index contributed by atoms with van der Waals surface area (Å²) in [6.07, 6.45) is 2.62. The predicted octanol–water partition coefficient (Wildman–Crippen LogP) is 1.98. The number of amides is 3. The number of anilines is 1. The number of rotatable bonds is 7. The Bertz CT molecular complexity index is 760. The van der Waals surface area contributed by atoms with Crippen LogP contribution < -0.4 is 15.5 Å². The van der Waals surface area contributed by atoms with Gasteiger partial charge in [-0.05, 0) is 38.3 Å². The third-order valence-electron chi connectivity index (χ3n) is 4.43. The van der Waals surface area contributed by atoms with Crippen LogP contribution in [0.2, 0.25) is 0 Å². The zero-order chi connectivity index (χ0) is 20.7. The zero-order valence-corrected chi connectivity index (χ0v) is 15.9. The average molecular weight is 392 g/mol. The Hall–Kier alpha value is -3.17. The lowest BCUT2D eigenvalue weighted by Gasteiger charge is -2.17. The van der Waals surface area contributed by atoms with Crippen LogP contribution in [0.5, 0.6) is 0 Å². The molecule has 0 aliphatic carbocycles. The van der Waals surface area contributed by atoms with Gasteiger partial charge in [0.1, 0.15) is 5.69 Å². The van der Waals surface area contributed by atoms with Crippen LogP contribution in [-0.4, -0.2) is 48.6 Å². The van der Waals surface area contributed by atoms with Gasteiger partial charge in [-0.2, -0.15) is 0 Å². The van der Waals surface area contributed by atoms with E-state index in [1.54, 1.807) is 6.92 Å². The van der Waals surface area contributed by atoms with Crippen LogP contribution in [0.4, 0.5) is 16.2 Å². The zero-order valence-electron chi connectivity index (χ0n) is 15.9. The minimum atomic E-state index is -0.881. The molecule has 2 rings (SSSR count). The highest BCUT2D eigenvalue weighted by molar-refractivity contribution is 5.97. The van der Waals surface area contributed by atoms with E-state index in [9.17, 15) is 24.5 Å². The fourth-order valence-corrected chi connectivity index (χ4v) is 2.76. The first-order chi connectivity index (χ1) is 13.3. The van der Waals surface area contributed by atoms with Gasteiger partial charge in [-0.15, -0.1) is 0 Å². The van der Waals surface area contributed by atoms with Crippen molar-refractivity contribution in [3.63, 3.8) is 0 Å². The lowest BCUT2D eigenvalue weighted by atomic mass is 10.1. The molecule has 10 heteroatoms. The highest BCUT2D eigenvalue weighted by atomic mass is 16.6. The number of nitro groups is 1. The van der Waals surface area contributed by atoms with E-state index in [0.717, 1.165) is 32.0 Å². The summed E-state index contributed by atoms with van der Waals surface area (Å²) in [4.78, 5) is 48.1. The molecule has 1 fully saturated rings. The number of nitrogens with zero attached hydrogens (tertiary/aromatic N) is 2. The number of carbonyl (C=O) groups excluding carboxylic acids is 3. The number of ether oxygens (including phenoxy) is 1. The van der Waals surface area contributed by atoms with Crippen molar-refractivity contribution in [2.24, 2.45) is 0 Å². The van der Waals surface area contributed by atoms with Gasteiger partial charge in [0.15, 0.2) is 6.61 Å². The second-order valence-corrected chi connectivity index (χ2v) is 6.56. The number of urea groups is 1. The van der Waals surface area contributed by atoms with Gasteiger partial charge in [0, 0.05) is 25.2 Å². The molecule has 1 aliphatic rings. The fraction of sp³-hybridized carbons (Fsp3) is 0.500. The molecule has 1 heterocycles. The SMILES string of the molecule is CC[C@@H](C)NC(=O)NC(=O)COC(=O)c1ccc(N2CCCC2)c([N+](=O)[O-])c1. The number of nitrogens with one attached hydrogen (secondary N) is 2. The van der Waals surface area contributed by atoms with Crippen molar-refractivity contribution in [3.8, 4) is 0 Å². The Kier molecular flexibility index (Phi) is 7.30. The summed E-state index contributed by atoms with van der Waals surface area (Å²) >= 11 is 0. The number of hydrogen-bond donors (Lipinski definition) is 2. The Labute approximate surface area is 162 Å². The standard InChI is InChI=1S/C18H24N4O6/c1-3-12(2)19-18(25)20-16(23)11-28-17(24)13-6-7-14(15(10-13)22(26)27)21-8-4-5-9-21/h6-7,10,12H,3-5,8-9,11H2,1-2H3,(H2,19,20,23,25)/t12-/m1/s1. The molecular formula is C18H24N4O6. The van der Waals surface area contributed by atoms with Gasteiger partial charge < -0.3 is 15.0 Å². The molecule has 1 aromatic rings. The summed E-state index contributed by atoms with van der Waals surface area (Å²) in [5.41, 5.74) is 0.235. The van der Waals surface area contributed by atoms with Crippen molar-refractivity contribution in [2.75, 3.05) is 24.6 Å². The molecule has 0 bridgehead atoms. The third-order valence-corrected chi connectivity index (χ3v) is 4.43. The van der Waals surface area contributed by atoms with E-state index in [1.807, 2.05) is 17.1 Å². The quantitative estimate of drug-likeness (QED) is 0.412. The van der Waals surface area contributed by atoms with E-state index in [1.165, 1.54) is 12.1 Å². The smallest absolute Gasteiger partial charge is 0.338 e. The van der Waals surface area contributed by atoms with E-state index in [2.05, 4.69) is 5.32 Å². The van der Waals surface area contributed by atoms with Crippen LogP contribution in [0, 0.1) is 10.1 Å². The summed E-state index contributed by atoms with van der Waals surface area (Å²) in [6, 6.07) is 3.30. The minimum Gasteiger partial charge on any atom is -0.452 e. The Morgan fingerprint density at radius 2 is 1.96 bits per heavy atom. The lowest BCUT2D eigenvalue weighted by Crippen LogP contribution is -2.44. The molecule has 152 valence electrons. The Morgan fingerprint density at radius 1 is 1.29 bits per heavy atom. The van der Waals surface area contributed by atoms with Gasteiger partial charge in [-0.25, -0.2) is 9.59 Å². The molecule has 0 radical (unpaired) electrons. The maximum Gasteiger partial charge on any atom is 0.338 e. The number of benzene rings is 1. The molecule has 1 atom stereocenters. The van der Waals surface area contributed by atoms with Gasteiger partial charge in [0.05, 0.1) is 10.5 Å². The molecule has 1 aromatic carbocycles. The average Bonchev–Trinajstić information content (AvgIpc) is 3.19. The monoisotopic (exact) mass is 392 g/mol.